The lowest BCUT2D eigenvalue weighted by atomic mass is 10.3. The third-order valence-electron chi connectivity index (χ3n) is 3.51. The molecule has 1 amide bonds. The molecule has 0 aliphatic heterocycles. The predicted molar refractivity (Wildman–Crippen MR) is 103 cm³/mol. The van der Waals surface area contributed by atoms with E-state index in [1.165, 1.54) is 23.9 Å². The first kappa shape index (κ1) is 18.4. The van der Waals surface area contributed by atoms with E-state index in [-0.39, 0.29) is 22.6 Å². The first-order chi connectivity index (χ1) is 11.9. The van der Waals surface area contributed by atoms with Crippen LogP contribution >= 0.6 is 27.7 Å². The fourth-order valence-electron chi connectivity index (χ4n) is 2.11. The number of nitrogens with one attached hydrogen (secondary N) is 2. The van der Waals surface area contributed by atoms with Crippen molar-refractivity contribution in [2.75, 3.05) is 11.1 Å². The Bertz CT molecular complexity index is 866. The smallest absolute Gasteiger partial charge is 0.240 e. The number of benzene rings is 2. The molecule has 0 heterocycles. The lowest BCUT2D eigenvalue weighted by Gasteiger charge is -2.09. The van der Waals surface area contributed by atoms with Gasteiger partial charge in [0.1, 0.15) is 0 Å². The lowest BCUT2D eigenvalue weighted by Crippen LogP contribution is -2.25. The number of hydrogen-bond acceptors (Lipinski definition) is 4. The number of thioether (sulfide) groups is 1. The van der Waals surface area contributed by atoms with Gasteiger partial charge in [-0.25, -0.2) is 13.1 Å². The van der Waals surface area contributed by atoms with Crippen molar-refractivity contribution in [1.82, 2.24) is 4.72 Å². The van der Waals surface area contributed by atoms with Gasteiger partial charge in [0.2, 0.25) is 15.9 Å². The van der Waals surface area contributed by atoms with Crippen LogP contribution in [0.4, 0.5) is 5.69 Å². The number of amides is 1. The Kier molecular flexibility index (Phi) is 5.83. The van der Waals surface area contributed by atoms with Crippen molar-refractivity contribution in [3.8, 4) is 0 Å². The van der Waals surface area contributed by atoms with Gasteiger partial charge >= 0.3 is 0 Å². The third-order valence-corrected chi connectivity index (χ3v) is 6.57. The van der Waals surface area contributed by atoms with Gasteiger partial charge in [-0.3, -0.25) is 4.79 Å². The summed E-state index contributed by atoms with van der Waals surface area (Å²) in [7, 11) is -3.53. The summed E-state index contributed by atoms with van der Waals surface area (Å²) in [6.07, 6.45) is 1.76. The topological polar surface area (TPSA) is 75.3 Å². The molecule has 1 aliphatic carbocycles. The molecule has 5 nitrogen and oxygen atoms in total. The van der Waals surface area contributed by atoms with E-state index < -0.39 is 10.0 Å². The molecular weight excluding hydrogens is 424 g/mol. The third kappa shape index (κ3) is 5.57. The molecule has 1 fully saturated rings. The second-order valence-corrected chi connectivity index (χ2v) is 9.39. The molecule has 1 saturated carbocycles. The lowest BCUT2D eigenvalue weighted by molar-refractivity contribution is -0.113. The highest BCUT2D eigenvalue weighted by molar-refractivity contribution is 9.10. The zero-order valence-electron chi connectivity index (χ0n) is 13.2. The van der Waals surface area contributed by atoms with E-state index in [2.05, 4.69) is 26.0 Å². The highest BCUT2D eigenvalue weighted by Crippen LogP contribution is 2.24. The number of carbonyl (C=O) groups is 1. The molecule has 25 heavy (non-hydrogen) atoms. The average molecular weight is 441 g/mol. The van der Waals surface area contributed by atoms with Gasteiger partial charge in [-0.1, -0.05) is 22.0 Å². The summed E-state index contributed by atoms with van der Waals surface area (Å²) in [5, 5.41) is 2.74. The molecule has 0 spiro atoms. The molecule has 0 atom stereocenters. The van der Waals surface area contributed by atoms with E-state index in [1.807, 2.05) is 24.3 Å². The van der Waals surface area contributed by atoms with Gasteiger partial charge in [0.05, 0.1) is 10.6 Å². The average Bonchev–Trinajstić information content (AvgIpc) is 3.38. The van der Waals surface area contributed by atoms with Gasteiger partial charge in [-0.05, 0) is 55.3 Å². The number of carbonyl (C=O) groups excluding carboxylic acids is 1. The quantitative estimate of drug-likeness (QED) is 0.644. The van der Waals surface area contributed by atoms with Crippen molar-refractivity contribution in [2.45, 2.75) is 28.7 Å². The summed E-state index contributed by atoms with van der Waals surface area (Å²) in [6.45, 7) is 0. The molecule has 2 aromatic carbocycles. The fraction of sp³-hybridized carbons (Fsp3) is 0.235. The molecule has 0 saturated heterocycles. The van der Waals surface area contributed by atoms with E-state index in [1.54, 1.807) is 12.1 Å². The molecule has 2 N–H and O–H groups in total. The Balaban J connectivity index is 1.59. The van der Waals surface area contributed by atoms with Crippen molar-refractivity contribution in [2.24, 2.45) is 0 Å². The molecule has 0 aromatic heterocycles. The van der Waals surface area contributed by atoms with Crippen molar-refractivity contribution in [1.29, 1.82) is 0 Å². The van der Waals surface area contributed by atoms with Gasteiger partial charge in [0.15, 0.2) is 0 Å². The van der Waals surface area contributed by atoms with Gasteiger partial charge in [-0.15, -0.1) is 11.8 Å². The van der Waals surface area contributed by atoms with E-state index in [0.717, 1.165) is 22.2 Å². The van der Waals surface area contributed by atoms with Crippen molar-refractivity contribution < 1.29 is 13.2 Å². The summed E-state index contributed by atoms with van der Waals surface area (Å²) in [5.74, 6) is 0.0662. The van der Waals surface area contributed by atoms with Gasteiger partial charge in [-0.2, -0.15) is 0 Å². The van der Waals surface area contributed by atoms with Gasteiger partial charge in [0, 0.05) is 21.1 Å². The van der Waals surface area contributed by atoms with Crippen molar-refractivity contribution >= 4 is 49.3 Å². The molecule has 8 heteroatoms. The molecule has 0 bridgehead atoms. The largest absolute Gasteiger partial charge is 0.325 e. The van der Waals surface area contributed by atoms with E-state index in [4.69, 9.17) is 0 Å². The van der Waals surface area contributed by atoms with Gasteiger partial charge < -0.3 is 5.32 Å². The van der Waals surface area contributed by atoms with E-state index in [9.17, 15) is 13.2 Å². The summed E-state index contributed by atoms with van der Waals surface area (Å²) < 4.78 is 28.1. The number of hydrogen-bond donors (Lipinski definition) is 2. The maximum absolute atomic E-state index is 12.2. The standard InChI is InChI=1S/C17H17BrN2O3S2/c18-12-4-8-15(9-5-12)24-11-17(21)19-14-2-1-3-16(10-14)25(22,23)20-13-6-7-13/h1-5,8-10,13,20H,6-7,11H2,(H,19,21). The number of sulfonamides is 1. The Morgan fingerprint density at radius 1 is 1.16 bits per heavy atom. The maximum Gasteiger partial charge on any atom is 0.240 e. The first-order valence-corrected chi connectivity index (χ1v) is 11.0. The molecular formula is C17H17BrN2O3S2. The Morgan fingerprint density at radius 3 is 2.56 bits per heavy atom. The number of halogens is 1. The monoisotopic (exact) mass is 440 g/mol. The highest BCUT2D eigenvalue weighted by Gasteiger charge is 2.28. The van der Waals surface area contributed by atoms with Gasteiger partial charge in [0.25, 0.3) is 0 Å². The van der Waals surface area contributed by atoms with Crippen LogP contribution in [0.2, 0.25) is 0 Å². The highest BCUT2D eigenvalue weighted by atomic mass is 79.9. The molecule has 3 rings (SSSR count). The second-order valence-electron chi connectivity index (χ2n) is 5.71. The molecule has 1 aliphatic rings. The molecule has 132 valence electrons. The molecule has 0 radical (unpaired) electrons. The second kappa shape index (κ2) is 7.90. The normalized spacial score (nSPS) is 14.3. The minimum atomic E-state index is -3.53. The van der Waals surface area contributed by atoms with Crippen LogP contribution in [-0.4, -0.2) is 26.1 Å². The summed E-state index contributed by atoms with van der Waals surface area (Å²) in [5.41, 5.74) is 0.472. The Labute approximate surface area is 159 Å². The number of rotatable bonds is 7. The Morgan fingerprint density at radius 2 is 1.88 bits per heavy atom. The predicted octanol–water partition coefficient (Wildman–Crippen LogP) is 3.62. The van der Waals surface area contributed by atoms with Crippen molar-refractivity contribution in [3.05, 3.63) is 53.0 Å². The van der Waals surface area contributed by atoms with Crippen LogP contribution < -0.4 is 10.0 Å². The SMILES string of the molecule is O=C(CSc1ccc(Br)cc1)Nc1cccc(S(=O)(=O)NC2CC2)c1. The van der Waals surface area contributed by atoms with Crippen LogP contribution in [0.25, 0.3) is 0 Å². The Hall–Kier alpha value is -1.35. The van der Waals surface area contributed by atoms with Crippen LogP contribution in [0.5, 0.6) is 0 Å². The van der Waals surface area contributed by atoms with Crippen LogP contribution in [0.15, 0.2) is 62.8 Å². The summed E-state index contributed by atoms with van der Waals surface area (Å²) in [6, 6.07) is 14.0. The van der Waals surface area contributed by atoms with Crippen LogP contribution in [0.1, 0.15) is 12.8 Å². The summed E-state index contributed by atoms with van der Waals surface area (Å²) >= 11 is 4.79. The van der Waals surface area contributed by atoms with E-state index >= 15 is 0 Å². The first-order valence-electron chi connectivity index (χ1n) is 7.73. The van der Waals surface area contributed by atoms with E-state index in [0.29, 0.717) is 5.69 Å². The zero-order chi connectivity index (χ0) is 17.9. The number of anilines is 1. The molecule has 2 aromatic rings. The van der Waals surface area contributed by atoms with Crippen LogP contribution in [-0.2, 0) is 14.8 Å². The van der Waals surface area contributed by atoms with Crippen LogP contribution in [0.3, 0.4) is 0 Å². The van der Waals surface area contributed by atoms with Crippen LogP contribution in [0, 0.1) is 0 Å². The minimum Gasteiger partial charge on any atom is -0.325 e. The van der Waals surface area contributed by atoms with Crippen molar-refractivity contribution in [3.63, 3.8) is 0 Å². The minimum absolute atomic E-state index is 0.0468. The maximum atomic E-state index is 12.2. The fourth-order valence-corrected chi connectivity index (χ4v) is 4.42. The summed E-state index contributed by atoms with van der Waals surface area (Å²) in [4.78, 5) is 13.2. The zero-order valence-corrected chi connectivity index (χ0v) is 16.5. The molecule has 0 unspecified atom stereocenters.